The molecule has 0 spiro atoms. The Kier molecular flexibility index (Phi) is 4.32. The van der Waals surface area contributed by atoms with Gasteiger partial charge in [0.2, 0.25) is 0 Å². The van der Waals surface area contributed by atoms with Gasteiger partial charge in [-0.3, -0.25) is 0 Å². The third kappa shape index (κ3) is 3.32. The highest BCUT2D eigenvalue weighted by molar-refractivity contribution is 6.18. The van der Waals surface area contributed by atoms with Gasteiger partial charge in [0.1, 0.15) is 5.75 Å². The molecule has 5 rings (SSSR count). The lowest BCUT2D eigenvalue weighted by Gasteiger charge is -2.47. The monoisotopic (exact) mass is 341 g/mol. The number of esters is 1. The molecule has 4 nitrogen and oxygen atoms in total. The number of allylic oxidation sites excluding steroid dienone is 1. The van der Waals surface area contributed by atoms with E-state index in [0.717, 1.165) is 56.6 Å². The van der Waals surface area contributed by atoms with Crippen molar-refractivity contribution in [3.8, 4) is 5.75 Å². The predicted octanol–water partition coefficient (Wildman–Crippen LogP) is 3.44. The first-order chi connectivity index (χ1) is 12.0. The number of hydrogen-bond donors (Lipinski definition) is 0. The van der Waals surface area contributed by atoms with Crippen LogP contribution in [0.2, 0.25) is 0 Å². The van der Waals surface area contributed by atoms with Crippen LogP contribution in [0, 0.1) is 5.41 Å². The van der Waals surface area contributed by atoms with Crippen LogP contribution in [0.15, 0.2) is 24.3 Å². The molecule has 0 saturated carbocycles. The van der Waals surface area contributed by atoms with Crippen molar-refractivity contribution in [1.82, 2.24) is 4.90 Å². The molecule has 0 radical (unpaired) electrons. The fourth-order valence-electron chi connectivity index (χ4n) is 4.25. The number of carbonyl (C=O) groups excluding carboxylic acids is 1. The maximum Gasteiger partial charge on any atom is 0.338 e. The topological polar surface area (TPSA) is 38.8 Å². The average Bonchev–Trinajstić information content (AvgIpc) is 3.04. The minimum atomic E-state index is -0.178. The molecule has 1 aromatic rings. The Morgan fingerprint density at radius 2 is 1.92 bits per heavy atom. The van der Waals surface area contributed by atoms with Gasteiger partial charge in [-0.2, -0.15) is 0 Å². The molecule has 1 aromatic carbocycles. The summed E-state index contributed by atoms with van der Waals surface area (Å²) in [6.45, 7) is 8.03. The Morgan fingerprint density at radius 1 is 1.20 bits per heavy atom. The molecule has 0 N–H and O–H groups in total. The Labute approximate surface area is 149 Å². The van der Waals surface area contributed by atoms with Crippen molar-refractivity contribution in [3.63, 3.8) is 0 Å². The standard InChI is InChI=1S/C21H27NO3/c1-15(2)25-17-5-3-16-4-6-18(19(16)13-17)20(23)24-14-21-7-10-22(11-8-21)12-9-21/h3,5-6,13,15H,4,7-12,14H2,1-2H3. The summed E-state index contributed by atoms with van der Waals surface area (Å²) < 4.78 is 11.6. The number of hydrogen-bond acceptors (Lipinski definition) is 4. The van der Waals surface area contributed by atoms with Crippen LogP contribution < -0.4 is 4.74 Å². The lowest BCUT2D eigenvalue weighted by molar-refractivity contribution is -0.143. The van der Waals surface area contributed by atoms with Gasteiger partial charge in [0.25, 0.3) is 0 Å². The predicted molar refractivity (Wildman–Crippen MR) is 97.6 cm³/mol. The second-order valence-corrected chi connectivity index (χ2v) is 7.98. The summed E-state index contributed by atoms with van der Waals surface area (Å²) >= 11 is 0. The van der Waals surface area contributed by atoms with Gasteiger partial charge in [-0.25, -0.2) is 4.79 Å². The van der Waals surface area contributed by atoms with E-state index in [-0.39, 0.29) is 17.5 Å². The van der Waals surface area contributed by atoms with Crippen LogP contribution in [0.3, 0.4) is 0 Å². The average molecular weight is 341 g/mol. The van der Waals surface area contributed by atoms with Crippen LogP contribution in [-0.4, -0.2) is 43.2 Å². The molecule has 4 aliphatic rings. The molecule has 25 heavy (non-hydrogen) atoms. The Morgan fingerprint density at radius 3 is 2.60 bits per heavy atom. The first-order valence-electron chi connectivity index (χ1n) is 9.44. The second-order valence-electron chi connectivity index (χ2n) is 7.98. The molecule has 0 aromatic heterocycles. The summed E-state index contributed by atoms with van der Waals surface area (Å²) in [5, 5.41) is 0. The van der Waals surface area contributed by atoms with Gasteiger partial charge in [-0.05, 0) is 82.4 Å². The van der Waals surface area contributed by atoms with Crippen molar-refractivity contribution < 1.29 is 14.3 Å². The number of rotatable bonds is 5. The van der Waals surface area contributed by atoms with Gasteiger partial charge in [-0.15, -0.1) is 0 Å². The van der Waals surface area contributed by atoms with Crippen LogP contribution in [0.1, 0.15) is 44.2 Å². The van der Waals surface area contributed by atoms with Crippen LogP contribution in [0.5, 0.6) is 5.75 Å². The summed E-state index contributed by atoms with van der Waals surface area (Å²) in [5.41, 5.74) is 3.06. The Hall–Kier alpha value is -1.81. The SMILES string of the molecule is CC(C)Oc1ccc2c(c1)C(C(=O)OCC13CCN(CC1)CC3)=CC2. The minimum Gasteiger partial charge on any atom is -0.491 e. The lowest BCUT2D eigenvalue weighted by atomic mass is 9.73. The van der Waals surface area contributed by atoms with Crippen molar-refractivity contribution in [2.75, 3.05) is 26.2 Å². The Balaban J connectivity index is 1.44. The molecule has 4 heteroatoms. The van der Waals surface area contributed by atoms with E-state index < -0.39 is 0 Å². The molecule has 1 aliphatic carbocycles. The summed E-state index contributed by atoms with van der Waals surface area (Å²) in [5.74, 6) is 0.635. The quantitative estimate of drug-likeness (QED) is 0.769. The van der Waals surface area contributed by atoms with Crippen molar-refractivity contribution >= 4 is 11.5 Å². The zero-order valence-corrected chi connectivity index (χ0v) is 15.2. The first kappa shape index (κ1) is 16.6. The molecule has 134 valence electrons. The fraction of sp³-hybridized carbons (Fsp3) is 0.571. The molecule has 3 saturated heterocycles. The highest BCUT2D eigenvalue weighted by Gasteiger charge is 2.40. The normalized spacial score (nSPS) is 27.2. The molecular weight excluding hydrogens is 314 g/mol. The minimum absolute atomic E-state index is 0.120. The molecule has 3 aliphatic heterocycles. The summed E-state index contributed by atoms with van der Waals surface area (Å²) in [7, 11) is 0. The lowest BCUT2D eigenvalue weighted by Crippen LogP contribution is -2.50. The number of fused-ring (bicyclic) bond motifs is 4. The van der Waals surface area contributed by atoms with E-state index in [1.165, 1.54) is 5.56 Å². The van der Waals surface area contributed by atoms with Crippen molar-refractivity contribution in [2.24, 2.45) is 5.41 Å². The van der Waals surface area contributed by atoms with Gasteiger partial charge >= 0.3 is 5.97 Å². The fourth-order valence-corrected chi connectivity index (χ4v) is 4.25. The first-order valence-corrected chi connectivity index (χ1v) is 9.44. The largest absolute Gasteiger partial charge is 0.491 e. The maximum atomic E-state index is 12.7. The number of carbonyl (C=O) groups is 1. The number of benzene rings is 1. The second kappa shape index (κ2) is 6.49. The number of ether oxygens (including phenoxy) is 2. The number of nitrogens with zero attached hydrogens (tertiary/aromatic N) is 1. The van der Waals surface area contributed by atoms with Gasteiger partial charge in [0.05, 0.1) is 18.3 Å². The van der Waals surface area contributed by atoms with E-state index in [0.29, 0.717) is 12.2 Å². The summed E-state index contributed by atoms with van der Waals surface area (Å²) in [6.07, 6.45) is 6.37. The molecule has 0 amide bonds. The van der Waals surface area contributed by atoms with E-state index in [1.807, 2.05) is 32.1 Å². The van der Waals surface area contributed by atoms with Crippen LogP contribution >= 0.6 is 0 Å². The van der Waals surface area contributed by atoms with E-state index in [2.05, 4.69) is 11.0 Å². The van der Waals surface area contributed by atoms with Gasteiger partial charge in [-0.1, -0.05) is 12.1 Å². The molecule has 3 heterocycles. The van der Waals surface area contributed by atoms with Crippen molar-refractivity contribution in [3.05, 3.63) is 35.4 Å². The van der Waals surface area contributed by atoms with Crippen LogP contribution in [-0.2, 0) is 16.0 Å². The summed E-state index contributed by atoms with van der Waals surface area (Å²) in [6, 6.07) is 6.02. The van der Waals surface area contributed by atoms with Crippen LogP contribution in [0.25, 0.3) is 5.57 Å². The van der Waals surface area contributed by atoms with E-state index in [4.69, 9.17) is 9.47 Å². The molecule has 3 fully saturated rings. The van der Waals surface area contributed by atoms with E-state index in [9.17, 15) is 4.79 Å². The van der Waals surface area contributed by atoms with Crippen molar-refractivity contribution in [1.29, 1.82) is 0 Å². The van der Waals surface area contributed by atoms with Crippen LogP contribution in [0.4, 0.5) is 0 Å². The highest BCUT2D eigenvalue weighted by atomic mass is 16.5. The maximum absolute atomic E-state index is 12.7. The van der Waals surface area contributed by atoms with Gasteiger partial charge in [0, 0.05) is 5.41 Å². The molecular formula is C21H27NO3. The highest BCUT2D eigenvalue weighted by Crippen LogP contribution is 2.41. The molecule has 0 unspecified atom stereocenters. The van der Waals surface area contributed by atoms with E-state index >= 15 is 0 Å². The van der Waals surface area contributed by atoms with Gasteiger partial charge < -0.3 is 14.4 Å². The molecule has 2 bridgehead atoms. The summed E-state index contributed by atoms with van der Waals surface area (Å²) in [4.78, 5) is 15.2. The third-order valence-corrected chi connectivity index (χ3v) is 5.87. The molecule has 0 atom stereocenters. The zero-order valence-electron chi connectivity index (χ0n) is 15.2. The third-order valence-electron chi connectivity index (χ3n) is 5.87. The zero-order chi connectivity index (χ0) is 17.4. The van der Waals surface area contributed by atoms with Gasteiger partial charge in [0.15, 0.2) is 0 Å². The van der Waals surface area contributed by atoms with E-state index in [1.54, 1.807) is 0 Å². The smallest absolute Gasteiger partial charge is 0.338 e. The number of piperidine rings is 3. The van der Waals surface area contributed by atoms with Crippen molar-refractivity contribution in [2.45, 2.75) is 45.6 Å². The Bertz CT molecular complexity index is 685.